The third kappa shape index (κ3) is 2.58. The van der Waals surface area contributed by atoms with Crippen LogP contribution in [0, 0.1) is 0 Å². The maximum absolute atomic E-state index is 6.07. The van der Waals surface area contributed by atoms with Crippen LogP contribution in [0.4, 0.5) is 0 Å². The minimum atomic E-state index is -0.316. The first kappa shape index (κ1) is 11.5. The van der Waals surface area contributed by atoms with E-state index in [4.69, 9.17) is 17.3 Å². The Labute approximate surface area is 107 Å². The Morgan fingerprint density at radius 2 is 2.06 bits per heavy atom. The fourth-order valence-electron chi connectivity index (χ4n) is 1.40. The molecule has 1 atom stereocenters. The maximum Gasteiger partial charge on any atom is 0.0799 e. The summed E-state index contributed by atoms with van der Waals surface area (Å²) >= 11 is 9.34. The smallest absolute Gasteiger partial charge is 0.0799 e. The maximum atomic E-state index is 6.07. The van der Waals surface area contributed by atoms with Crippen LogP contribution in [0.5, 0.6) is 0 Å². The van der Waals surface area contributed by atoms with Crippen LogP contribution in [0.25, 0.3) is 0 Å². The number of rotatable bonds is 2. The molecule has 0 radical (unpaired) electrons. The molecule has 0 saturated carbocycles. The molecule has 1 aromatic heterocycles. The van der Waals surface area contributed by atoms with Gasteiger partial charge in [-0.1, -0.05) is 27.5 Å². The van der Waals surface area contributed by atoms with Crippen molar-refractivity contribution in [3.63, 3.8) is 0 Å². The van der Waals surface area contributed by atoms with Crippen LogP contribution in [0.15, 0.2) is 41.3 Å². The molecular weight excluding hydrogens is 289 g/mol. The van der Waals surface area contributed by atoms with Gasteiger partial charge in [-0.15, -0.1) is 0 Å². The van der Waals surface area contributed by atoms with Crippen LogP contribution in [-0.2, 0) is 0 Å². The van der Waals surface area contributed by atoms with Crippen molar-refractivity contribution < 1.29 is 0 Å². The molecule has 0 spiro atoms. The number of hydrogen-bond donors (Lipinski definition) is 1. The lowest BCUT2D eigenvalue weighted by atomic mass is 10.1. The molecule has 2 rings (SSSR count). The second-order valence-corrected chi connectivity index (χ2v) is 4.66. The van der Waals surface area contributed by atoms with Crippen LogP contribution < -0.4 is 5.73 Å². The normalized spacial score (nSPS) is 12.4. The van der Waals surface area contributed by atoms with E-state index < -0.39 is 0 Å². The Morgan fingerprint density at radius 3 is 2.69 bits per heavy atom. The molecule has 1 aromatic carbocycles. The predicted octanol–water partition coefficient (Wildman–Crippen LogP) is 2.94. The van der Waals surface area contributed by atoms with Crippen molar-refractivity contribution >= 4 is 27.5 Å². The van der Waals surface area contributed by atoms with Crippen molar-refractivity contribution in [3.8, 4) is 0 Å². The number of aromatic nitrogens is 2. The number of benzene rings is 1. The molecule has 1 unspecified atom stereocenters. The van der Waals surface area contributed by atoms with E-state index in [1.165, 1.54) is 0 Å². The zero-order valence-electron chi connectivity index (χ0n) is 8.27. The molecule has 16 heavy (non-hydrogen) atoms. The fraction of sp³-hybridized carbons (Fsp3) is 0.0909. The lowest BCUT2D eigenvalue weighted by molar-refractivity contribution is 0.817. The summed E-state index contributed by atoms with van der Waals surface area (Å²) in [6.45, 7) is 0. The summed E-state index contributed by atoms with van der Waals surface area (Å²) < 4.78 is 0.898. The Kier molecular flexibility index (Phi) is 3.53. The van der Waals surface area contributed by atoms with Gasteiger partial charge in [-0.25, -0.2) is 0 Å². The van der Waals surface area contributed by atoms with Crippen LogP contribution >= 0.6 is 27.5 Å². The van der Waals surface area contributed by atoms with Gasteiger partial charge in [0.05, 0.1) is 17.9 Å². The lowest BCUT2D eigenvalue weighted by Gasteiger charge is -2.11. The van der Waals surface area contributed by atoms with Gasteiger partial charge in [-0.05, 0) is 23.8 Å². The van der Waals surface area contributed by atoms with Gasteiger partial charge in [-0.3, -0.25) is 9.97 Å². The minimum Gasteiger partial charge on any atom is -0.319 e. The molecule has 0 amide bonds. The van der Waals surface area contributed by atoms with E-state index in [-0.39, 0.29) is 6.04 Å². The van der Waals surface area contributed by atoms with E-state index in [0.717, 1.165) is 15.7 Å². The molecule has 0 aliphatic heterocycles. The Balaban J connectivity index is 2.37. The molecule has 0 fully saturated rings. The van der Waals surface area contributed by atoms with Crippen LogP contribution in [0.1, 0.15) is 17.3 Å². The molecule has 82 valence electrons. The average molecular weight is 299 g/mol. The summed E-state index contributed by atoms with van der Waals surface area (Å²) in [4.78, 5) is 8.16. The van der Waals surface area contributed by atoms with Crippen molar-refractivity contribution in [3.05, 3.63) is 57.5 Å². The SMILES string of the molecule is NC(c1cc(Cl)cc(Br)c1)c1cnccn1. The number of nitrogens with zero attached hydrogens (tertiary/aromatic N) is 2. The monoisotopic (exact) mass is 297 g/mol. The van der Waals surface area contributed by atoms with E-state index in [2.05, 4.69) is 25.9 Å². The Hall–Kier alpha value is -0.970. The largest absolute Gasteiger partial charge is 0.319 e. The van der Waals surface area contributed by atoms with Gasteiger partial charge < -0.3 is 5.73 Å². The van der Waals surface area contributed by atoms with Crippen LogP contribution in [0.2, 0.25) is 5.02 Å². The van der Waals surface area contributed by atoms with E-state index in [9.17, 15) is 0 Å². The fourth-order valence-corrected chi connectivity index (χ4v) is 2.28. The van der Waals surface area contributed by atoms with Crippen molar-refractivity contribution in [2.24, 2.45) is 5.73 Å². The predicted molar refractivity (Wildman–Crippen MR) is 67.2 cm³/mol. The highest BCUT2D eigenvalue weighted by atomic mass is 79.9. The standard InChI is InChI=1S/C11H9BrClN3/c12-8-3-7(4-9(13)5-8)11(14)10-6-15-1-2-16-10/h1-6,11H,14H2. The highest BCUT2D eigenvalue weighted by Gasteiger charge is 2.11. The van der Waals surface area contributed by atoms with Gasteiger partial charge in [0, 0.05) is 21.9 Å². The van der Waals surface area contributed by atoms with E-state index in [0.29, 0.717) is 5.02 Å². The molecule has 2 aromatic rings. The van der Waals surface area contributed by atoms with Gasteiger partial charge in [0.1, 0.15) is 0 Å². The molecule has 0 saturated heterocycles. The second-order valence-electron chi connectivity index (χ2n) is 3.31. The molecule has 3 nitrogen and oxygen atoms in total. The second kappa shape index (κ2) is 4.91. The Bertz CT molecular complexity index is 470. The Morgan fingerprint density at radius 1 is 1.25 bits per heavy atom. The number of hydrogen-bond acceptors (Lipinski definition) is 3. The van der Waals surface area contributed by atoms with Crippen molar-refractivity contribution in [1.29, 1.82) is 0 Å². The highest BCUT2D eigenvalue weighted by Crippen LogP contribution is 2.25. The molecule has 5 heteroatoms. The van der Waals surface area contributed by atoms with E-state index in [1.54, 1.807) is 18.6 Å². The van der Waals surface area contributed by atoms with Crippen molar-refractivity contribution in [2.45, 2.75) is 6.04 Å². The molecular formula is C11H9BrClN3. The van der Waals surface area contributed by atoms with Gasteiger partial charge in [0.15, 0.2) is 0 Å². The van der Waals surface area contributed by atoms with Gasteiger partial charge in [0.25, 0.3) is 0 Å². The summed E-state index contributed by atoms with van der Waals surface area (Å²) in [6, 6.07) is 5.24. The van der Waals surface area contributed by atoms with Gasteiger partial charge >= 0.3 is 0 Å². The van der Waals surface area contributed by atoms with E-state index in [1.807, 2.05) is 18.2 Å². The lowest BCUT2D eigenvalue weighted by Crippen LogP contribution is -2.13. The van der Waals surface area contributed by atoms with Crippen LogP contribution in [0.3, 0.4) is 0 Å². The molecule has 0 bridgehead atoms. The quantitative estimate of drug-likeness (QED) is 0.927. The van der Waals surface area contributed by atoms with Crippen molar-refractivity contribution in [1.82, 2.24) is 9.97 Å². The summed E-state index contributed by atoms with van der Waals surface area (Å²) in [5.74, 6) is 0. The number of halogens is 2. The van der Waals surface area contributed by atoms with Gasteiger partial charge in [-0.2, -0.15) is 0 Å². The first-order valence-electron chi connectivity index (χ1n) is 4.64. The molecule has 2 N–H and O–H groups in total. The summed E-state index contributed by atoms with van der Waals surface area (Å²) in [7, 11) is 0. The minimum absolute atomic E-state index is 0.316. The highest BCUT2D eigenvalue weighted by molar-refractivity contribution is 9.10. The molecule has 0 aliphatic rings. The molecule has 1 heterocycles. The number of nitrogens with two attached hydrogens (primary N) is 1. The zero-order chi connectivity index (χ0) is 11.5. The van der Waals surface area contributed by atoms with Crippen LogP contribution in [-0.4, -0.2) is 9.97 Å². The van der Waals surface area contributed by atoms with Gasteiger partial charge in [0.2, 0.25) is 0 Å². The third-order valence-electron chi connectivity index (χ3n) is 2.15. The van der Waals surface area contributed by atoms with Crippen molar-refractivity contribution in [2.75, 3.05) is 0 Å². The first-order valence-corrected chi connectivity index (χ1v) is 5.81. The summed E-state index contributed by atoms with van der Waals surface area (Å²) in [5.41, 5.74) is 7.69. The zero-order valence-corrected chi connectivity index (χ0v) is 10.6. The summed E-state index contributed by atoms with van der Waals surface area (Å²) in [5, 5.41) is 0.642. The topological polar surface area (TPSA) is 51.8 Å². The summed E-state index contributed by atoms with van der Waals surface area (Å²) in [6.07, 6.45) is 4.89. The first-order chi connectivity index (χ1) is 7.66. The average Bonchev–Trinajstić information content (AvgIpc) is 2.28. The molecule has 0 aliphatic carbocycles. The third-order valence-corrected chi connectivity index (χ3v) is 2.82. The van der Waals surface area contributed by atoms with E-state index >= 15 is 0 Å².